The van der Waals surface area contributed by atoms with Crippen LogP contribution < -0.4 is 5.32 Å². The molecular weight excluding hydrogens is 321 g/mol. The lowest BCUT2D eigenvalue weighted by molar-refractivity contribution is 0.0663. The van der Waals surface area contributed by atoms with Gasteiger partial charge >= 0.3 is 0 Å². The molecule has 1 amide bonds. The van der Waals surface area contributed by atoms with Crippen LogP contribution in [-0.4, -0.2) is 55.5 Å². The molecule has 1 saturated heterocycles. The molecule has 2 aliphatic rings. The number of hydrogen-bond acceptors (Lipinski definition) is 3. The fraction of sp³-hybridized carbons (Fsp3) is 0.562. The zero-order chi connectivity index (χ0) is 14.1. The molecule has 0 aromatic heterocycles. The Kier molecular flexibility index (Phi) is 6.98. The van der Waals surface area contributed by atoms with Gasteiger partial charge in [-0.1, -0.05) is 0 Å². The van der Waals surface area contributed by atoms with E-state index >= 15 is 0 Å². The number of halogens is 2. The van der Waals surface area contributed by atoms with Crippen LogP contribution in [-0.2, 0) is 6.42 Å². The molecule has 0 radical (unpaired) electrons. The van der Waals surface area contributed by atoms with Crippen LogP contribution in [0.15, 0.2) is 18.2 Å². The summed E-state index contributed by atoms with van der Waals surface area (Å²) in [5.41, 5.74) is 3.31. The third kappa shape index (κ3) is 3.86. The normalized spacial score (nSPS) is 17.3. The first-order valence-corrected chi connectivity index (χ1v) is 7.47. The summed E-state index contributed by atoms with van der Waals surface area (Å²) in [6.45, 7) is 2.73. The SMILES string of the molecule is CN(C)C1CCN(C(=O)c2ccc3c(c2)CCN3)CC1.Cl.Cl. The number of benzene rings is 1. The van der Waals surface area contributed by atoms with Crippen molar-refractivity contribution in [2.24, 2.45) is 0 Å². The molecule has 0 atom stereocenters. The number of amides is 1. The summed E-state index contributed by atoms with van der Waals surface area (Å²) < 4.78 is 0. The maximum atomic E-state index is 12.6. The number of hydrogen-bond donors (Lipinski definition) is 1. The quantitative estimate of drug-likeness (QED) is 0.894. The van der Waals surface area contributed by atoms with E-state index in [4.69, 9.17) is 0 Å². The number of rotatable bonds is 2. The minimum absolute atomic E-state index is 0. The molecule has 1 N–H and O–H groups in total. The highest BCUT2D eigenvalue weighted by Gasteiger charge is 2.25. The Labute approximate surface area is 145 Å². The van der Waals surface area contributed by atoms with Crippen molar-refractivity contribution in [3.05, 3.63) is 29.3 Å². The Morgan fingerprint density at radius 3 is 2.55 bits per heavy atom. The molecule has 4 nitrogen and oxygen atoms in total. The summed E-state index contributed by atoms with van der Waals surface area (Å²) in [5, 5.41) is 3.33. The molecule has 3 rings (SSSR count). The van der Waals surface area contributed by atoms with Gasteiger partial charge in [-0.25, -0.2) is 0 Å². The van der Waals surface area contributed by atoms with E-state index in [1.54, 1.807) is 0 Å². The van der Waals surface area contributed by atoms with Crippen molar-refractivity contribution in [3.8, 4) is 0 Å². The molecule has 0 aliphatic carbocycles. The maximum Gasteiger partial charge on any atom is 0.253 e. The van der Waals surface area contributed by atoms with Gasteiger partial charge in [-0.3, -0.25) is 4.79 Å². The average molecular weight is 346 g/mol. The fourth-order valence-corrected chi connectivity index (χ4v) is 3.21. The lowest BCUT2D eigenvalue weighted by atomic mass is 10.0. The average Bonchev–Trinajstić information content (AvgIpc) is 2.94. The van der Waals surface area contributed by atoms with E-state index < -0.39 is 0 Å². The number of carbonyl (C=O) groups is 1. The van der Waals surface area contributed by atoms with Crippen molar-refractivity contribution in [3.63, 3.8) is 0 Å². The van der Waals surface area contributed by atoms with Crippen LogP contribution in [0.1, 0.15) is 28.8 Å². The largest absolute Gasteiger partial charge is 0.384 e. The van der Waals surface area contributed by atoms with Crippen molar-refractivity contribution in [1.29, 1.82) is 0 Å². The molecule has 22 heavy (non-hydrogen) atoms. The second-order valence-corrected chi connectivity index (χ2v) is 6.04. The highest BCUT2D eigenvalue weighted by Crippen LogP contribution is 2.24. The molecule has 0 unspecified atom stereocenters. The number of carbonyl (C=O) groups excluding carboxylic acids is 1. The smallest absolute Gasteiger partial charge is 0.253 e. The van der Waals surface area contributed by atoms with E-state index in [0.29, 0.717) is 6.04 Å². The molecule has 124 valence electrons. The number of anilines is 1. The predicted octanol–water partition coefficient (Wildman–Crippen LogP) is 2.66. The topological polar surface area (TPSA) is 35.6 Å². The number of piperidine rings is 1. The van der Waals surface area contributed by atoms with Crippen molar-refractivity contribution in [1.82, 2.24) is 9.80 Å². The van der Waals surface area contributed by atoms with Gasteiger partial charge in [-0.2, -0.15) is 0 Å². The van der Waals surface area contributed by atoms with Crippen LogP contribution in [0.4, 0.5) is 5.69 Å². The molecular formula is C16H25Cl2N3O. The van der Waals surface area contributed by atoms with Crippen molar-refractivity contribution < 1.29 is 4.79 Å². The summed E-state index contributed by atoms with van der Waals surface area (Å²) in [6, 6.07) is 6.68. The monoisotopic (exact) mass is 345 g/mol. The number of nitrogens with one attached hydrogen (secondary N) is 1. The van der Waals surface area contributed by atoms with Crippen molar-refractivity contribution in [2.45, 2.75) is 25.3 Å². The standard InChI is InChI=1S/C16H23N3O.2ClH/c1-18(2)14-6-9-19(10-7-14)16(20)13-3-4-15-12(11-13)5-8-17-15;;/h3-4,11,14,17H,5-10H2,1-2H3;2*1H. The van der Waals surface area contributed by atoms with E-state index in [1.807, 2.05) is 17.0 Å². The second kappa shape index (κ2) is 8.04. The lowest BCUT2D eigenvalue weighted by Crippen LogP contribution is -2.44. The summed E-state index contributed by atoms with van der Waals surface area (Å²) in [7, 11) is 4.24. The van der Waals surface area contributed by atoms with Crippen LogP contribution >= 0.6 is 24.8 Å². The summed E-state index contributed by atoms with van der Waals surface area (Å²) in [6.07, 6.45) is 3.18. The Hall–Kier alpha value is -0.970. The van der Waals surface area contributed by atoms with E-state index in [1.165, 1.54) is 11.3 Å². The number of nitrogens with zero attached hydrogens (tertiary/aromatic N) is 2. The first kappa shape index (κ1) is 19.1. The highest BCUT2D eigenvalue weighted by atomic mass is 35.5. The molecule has 1 aromatic rings. The first-order chi connectivity index (χ1) is 9.65. The Balaban J connectivity index is 0.00000121. The maximum absolute atomic E-state index is 12.6. The molecule has 0 spiro atoms. The van der Waals surface area contributed by atoms with E-state index in [0.717, 1.165) is 44.5 Å². The van der Waals surface area contributed by atoms with Gasteiger partial charge in [0.15, 0.2) is 0 Å². The van der Waals surface area contributed by atoms with Gasteiger partial charge in [0.2, 0.25) is 0 Å². The first-order valence-electron chi connectivity index (χ1n) is 7.47. The zero-order valence-corrected chi connectivity index (χ0v) is 14.8. The van der Waals surface area contributed by atoms with Crippen LogP contribution in [0, 0.1) is 0 Å². The molecule has 1 aromatic carbocycles. The van der Waals surface area contributed by atoms with Crippen molar-refractivity contribution >= 4 is 36.4 Å². The zero-order valence-electron chi connectivity index (χ0n) is 13.2. The Morgan fingerprint density at radius 1 is 1.23 bits per heavy atom. The van der Waals surface area contributed by atoms with Gasteiger partial charge < -0.3 is 15.1 Å². The fourth-order valence-electron chi connectivity index (χ4n) is 3.21. The molecule has 0 bridgehead atoms. The predicted molar refractivity (Wildman–Crippen MR) is 95.7 cm³/mol. The molecule has 2 heterocycles. The van der Waals surface area contributed by atoms with E-state index in [2.05, 4.69) is 30.4 Å². The van der Waals surface area contributed by atoms with Gasteiger partial charge in [-0.15, -0.1) is 24.8 Å². The van der Waals surface area contributed by atoms with Crippen LogP contribution in [0.2, 0.25) is 0 Å². The minimum Gasteiger partial charge on any atom is -0.384 e. The van der Waals surface area contributed by atoms with Gasteiger partial charge in [0, 0.05) is 36.9 Å². The molecule has 0 saturated carbocycles. The third-order valence-corrected chi connectivity index (χ3v) is 4.54. The van der Waals surface area contributed by atoms with Crippen LogP contribution in [0.3, 0.4) is 0 Å². The molecule has 1 fully saturated rings. The third-order valence-electron chi connectivity index (χ3n) is 4.54. The highest BCUT2D eigenvalue weighted by molar-refractivity contribution is 5.95. The van der Waals surface area contributed by atoms with Gasteiger partial charge in [0.25, 0.3) is 5.91 Å². The van der Waals surface area contributed by atoms with Gasteiger partial charge in [0.05, 0.1) is 0 Å². The number of likely N-dealkylation sites (tertiary alicyclic amines) is 1. The molecule has 6 heteroatoms. The van der Waals surface area contributed by atoms with Crippen molar-refractivity contribution in [2.75, 3.05) is 39.0 Å². The minimum atomic E-state index is 0. The van der Waals surface area contributed by atoms with Gasteiger partial charge in [0.1, 0.15) is 0 Å². The molecule has 2 aliphatic heterocycles. The summed E-state index contributed by atoms with van der Waals surface area (Å²) in [4.78, 5) is 16.8. The van der Waals surface area contributed by atoms with E-state index in [9.17, 15) is 4.79 Å². The Bertz CT molecular complexity index is 514. The number of fused-ring (bicyclic) bond motifs is 1. The second-order valence-electron chi connectivity index (χ2n) is 6.04. The lowest BCUT2D eigenvalue weighted by Gasteiger charge is -2.35. The van der Waals surface area contributed by atoms with E-state index in [-0.39, 0.29) is 30.7 Å². The summed E-state index contributed by atoms with van der Waals surface area (Å²) in [5.74, 6) is 0.192. The van der Waals surface area contributed by atoms with Crippen LogP contribution in [0.25, 0.3) is 0 Å². The summed E-state index contributed by atoms with van der Waals surface area (Å²) >= 11 is 0. The Morgan fingerprint density at radius 2 is 1.91 bits per heavy atom. The van der Waals surface area contributed by atoms with Crippen LogP contribution in [0.5, 0.6) is 0 Å². The van der Waals surface area contributed by atoms with Gasteiger partial charge in [-0.05, 0) is 57.1 Å².